The summed E-state index contributed by atoms with van der Waals surface area (Å²) in [6.07, 6.45) is 0. The summed E-state index contributed by atoms with van der Waals surface area (Å²) >= 11 is 0. The number of benzene rings is 1. The molecule has 0 fully saturated rings. The van der Waals surface area contributed by atoms with E-state index < -0.39 is 0 Å². The highest BCUT2D eigenvalue weighted by molar-refractivity contribution is 6.02. The van der Waals surface area contributed by atoms with Gasteiger partial charge in [0.15, 0.2) is 5.69 Å². The smallest absolute Gasteiger partial charge is 0.276 e. The van der Waals surface area contributed by atoms with E-state index in [1.54, 1.807) is 12.1 Å². The van der Waals surface area contributed by atoms with Crippen molar-refractivity contribution in [3.8, 4) is 0 Å². The lowest BCUT2D eigenvalue weighted by Crippen LogP contribution is -2.27. The van der Waals surface area contributed by atoms with E-state index in [-0.39, 0.29) is 17.1 Å². The van der Waals surface area contributed by atoms with E-state index in [0.717, 1.165) is 11.3 Å². The van der Waals surface area contributed by atoms with Crippen molar-refractivity contribution in [1.82, 2.24) is 10.2 Å². The number of hydrogen-bond donors (Lipinski definition) is 2. The van der Waals surface area contributed by atoms with Crippen molar-refractivity contribution < 1.29 is 4.79 Å². The number of carbonyl (C=O) groups excluding carboxylic acids is 1. The molecule has 0 spiro atoms. The molecule has 0 saturated carbocycles. The molecule has 0 aliphatic heterocycles. The lowest BCUT2D eigenvalue weighted by Gasteiger charge is -2.20. The van der Waals surface area contributed by atoms with Gasteiger partial charge in [-0.05, 0) is 52.0 Å². The van der Waals surface area contributed by atoms with Gasteiger partial charge < -0.3 is 10.6 Å². The van der Waals surface area contributed by atoms with Crippen molar-refractivity contribution in [2.24, 2.45) is 0 Å². The van der Waals surface area contributed by atoms with Gasteiger partial charge in [0.05, 0.1) is 0 Å². The SMILES string of the molecule is Cc1ccc(NC(=O)c2ccc(NC(C)(C)C)nn2)cc1. The average Bonchev–Trinajstić information content (AvgIpc) is 2.40. The van der Waals surface area contributed by atoms with Crippen LogP contribution < -0.4 is 10.6 Å². The predicted octanol–water partition coefficient (Wildman–Crippen LogP) is 3.25. The Bertz CT molecular complexity index is 612. The van der Waals surface area contributed by atoms with Gasteiger partial charge in [0.25, 0.3) is 5.91 Å². The minimum Gasteiger partial charge on any atom is -0.364 e. The topological polar surface area (TPSA) is 66.9 Å². The fraction of sp³-hybridized carbons (Fsp3) is 0.312. The summed E-state index contributed by atoms with van der Waals surface area (Å²) in [4.78, 5) is 12.1. The molecule has 5 nitrogen and oxygen atoms in total. The van der Waals surface area contributed by atoms with Gasteiger partial charge in [0.1, 0.15) is 5.82 Å². The van der Waals surface area contributed by atoms with Crippen LogP contribution in [0.2, 0.25) is 0 Å². The monoisotopic (exact) mass is 284 g/mol. The van der Waals surface area contributed by atoms with Crippen molar-refractivity contribution >= 4 is 17.4 Å². The third kappa shape index (κ3) is 4.56. The molecule has 0 unspecified atom stereocenters. The Balaban J connectivity index is 2.04. The molecular weight excluding hydrogens is 264 g/mol. The van der Waals surface area contributed by atoms with Gasteiger partial charge in [-0.3, -0.25) is 4.79 Å². The largest absolute Gasteiger partial charge is 0.364 e. The van der Waals surface area contributed by atoms with Crippen LogP contribution in [0.4, 0.5) is 11.5 Å². The summed E-state index contributed by atoms with van der Waals surface area (Å²) in [6.45, 7) is 8.10. The van der Waals surface area contributed by atoms with Crippen LogP contribution in [-0.4, -0.2) is 21.6 Å². The van der Waals surface area contributed by atoms with Crippen LogP contribution in [0.25, 0.3) is 0 Å². The van der Waals surface area contributed by atoms with Crippen LogP contribution in [0.3, 0.4) is 0 Å². The Morgan fingerprint density at radius 2 is 1.67 bits per heavy atom. The highest BCUT2D eigenvalue weighted by Crippen LogP contribution is 2.12. The number of amides is 1. The number of nitrogens with one attached hydrogen (secondary N) is 2. The maximum Gasteiger partial charge on any atom is 0.276 e. The molecule has 2 aromatic rings. The van der Waals surface area contributed by atoms with Crippen LogP contribution >= 0.6 is 0 Å². The molecule has 1 amide bonds. The molecule has 21 heavy (non-hydrogen) atoms. The average molecular weight is 284 g/mol. The van der Waals surface area contributed by atoms with Gasteiger partial charge in [0, 0.05) is 11.2 Å². The summed E-state index contributed by atoms with van der Waals surface area (Å²) in [7, 11) is 0. The zero-order valence-corrected chi connectivity index (χ0v) is 12.8. The molecular formula is C16H20N4O. The van der Waals surface area contributed by atoms with Crippen LogP contribution in [0, 0.1) is 6.92 Å². The lowest BCUT2D eigenvalue weighted by atomic mass is 10.1. The molecule has 5 heteroatoms. The standard InChI is InChI=1S/C16H20N4O/c1-11-5-7-12(8-6-11)17-15(21)13-9-10-14(20-19-13)18-16(2,3)4/h5-10H,1-4H3,(H,17,21)(H,18,20). The number of aromatic nitrogens is 2. The summed E-state index contributed by atoms with van der Waals surface area (Å²) in [5.74, 6) is 0.378. The zero-order chi connectivity index (χ0) is 15.5. The van der Waals surface area contributed by atoms with Gasteiger partial charge in [-0.15, -0.1) is 10.2 Å². The lowest BCUT2D eigenvalue weighted by molar-refractivity contribution is 0.102. The fourth-order valence-corrected chi connectivity index (χ4v) is 1.74. The molecule has 0 aliphatic rings. The first-order valence-electron chi connectivity index (χ1n) is 6.83. The summed E-state index contributed by atoms with van der Waals surface area (Å²) in [6, 6.07) is 11.0. The Labute approximate surface area is 124 Å². The number of aryl methyl sites for hydroxylation is 1. The Kier molecular flexibility index (Phi) is 4.21. The van der Waals surface area contributed by atoms with Crippen LogP contribution in [0.15, 0.2) is 36.4 Å². The number of carbonyl (C=O) groups is 1. The third-order valence-corrected chi connectivity index (χ3v) is 2.71. The molecule has 2 N–H and O–H groups in total. The van der Waals surface area contributed by atoms with Crippen molar-refractivity contribution in [2.45, 2.75) is 33.2 Å². The molecule has 0 radical (unpaired) electrons. The summed E-state index contributed by atoms with van der Waals surface area (Å²) in [5, 5.41) is 14.0. The van der Waals surface area contributed by atoms with Crippen molar-refractivity contribution in [3.05, 3.63) is 47.7 Å². The molecule has 1 aromatic carbocycles. The molecule has 110 valence electrons. The first kappa shape index (κ1) is 15.0. The van der Waals surface area contributed by atoms with Crippen LogP contribution in [0.1, 0.15) is 36.8 Å². The molecule has 2 rings (SSSR count). The van der Waals surface area contributed by atoms with Gasteiger partial charge in [-0.2, -0.15) is 0 Å². The zero-order valence-electron chi connectivity index (χ0n) is 12.8. The van der Waals surface area contributed by atoms with E-state index in [1.807, 2.05) is 52.0 Å². The van der Waals surface area contributed by atoms with Crippen LogP contribution in [-0.2, 0) is 0 Å². The van der Waals surface area contributed by atoms with Crippen LogP contribution in [0.5, 0.6) is 0 Å². The Hall–Kier alpha value is -2.43. The van der Waals surface area contributed by atoms with Gasteiger partial charge in [0.2, 0.25) is 0 Å². The molecule has 0 aliphatic carbocycles. The number of nitrogens with zero attached hydrogens (tertiary/aromatic N) is 2. The number of anilines is 2. The highest BCUT2D eigenvalue weighted by Gasteiger charge is 2.12. The summed E-state index contributed by atoms with van der Waals surface area (Å²) < 4.78 is 0. The number of hydrogen-bond acceptors (Lipinski definition) is 4. The van der Waals surface area contributed by atoms with Gasteiger partial charge in [-0.25, -0.2) is 0 Å². The molecule has 0 atom stereocenters. The first-order chi connectivity index (χ1) is 9.83. The van der Waals surface area contributed by atoms with Gasteiger partial charge >= 0.3 is 0 Å². The Morgan fingerprint density at radius 3 is 2.19 bits per heavy atom. The quantitative estimate of drug-likeness (QED) is 0.908. The second-order valence-electron chi connectivity index (χ2n) is 6.00. The van der Waals surface area contributed by atoms with E-state index in [0.29, 0.717) is 5.82 Å². The van der Waals surface area contributed by atoms with E-state index in [1.165, 1.54) is 0 Å². The molecule has 0 bridgehead atoms. The second kappa shape index (κ2) is 5.91. The van der Waals surface area contributed by atoms with Crippen molar-refractivity contribution in [2.75, 3.05) is 10.6 Å². The molecule has 1 heterocycles. The maximum atomic E-state index is 12.1. The van der Waals surface area contributed by atoms with E-state index >= 15 is 0 Å². The predicted molar refractivity (Wildman–Crippen MR) is 84.5 cm³/mol. The molecule has 0 saturated heterocycles. The first-order valence-corrected chi connectivity index (χ1v) is 6.83. The fourth-order valence-electron chi connectivity index (χ4n) is 1.74. The third-order valence-electron chi connectivity index (χ3n) is 2.71. The van der Waals surface area contributed by atoms with E-state index in [4.69, 9.17) is 0 Å². The minimum absolute atomic E-state index is 0.0969. The minimum atomic E-state index is -0.270. The highest BCUT2D eigenvalue weighted by atomic mass is 16.1. The molecule has 1 aromatic heterocycles. The number of rotatable bonds is 3. The second-order valence-corrected chi connectivity index (χ2v) is 6.00. The van der Waals surface area contributed by atoms with Crippen molar-refractivity contribution in [3.63, 3.8) is 0 Å². The van der Waals surface area contributed by atoms with Crippen molar-refractivity contribution in [1.29, 1.82) is 0 Å². The van der Waals surface area contributed by atoms with E-state index in [9.17, 15) is 4.79 Å². The normalized spacial score (nSPS) is 11.0. The van der Waals surface area contributed by atoms with Gasteiger partial charge in [-0.1, -0.05) is 17.7 Å². The van der Waals surface area contributed by atoms with E-state index in [2.05, 4.69) is 20.8 Å². The summed E-state index contributed by atoms with van der Waals surface area (Å²) in [5.41, 5.74) is 2.07. The maximum absolute atomic E-state index is 12.1. The Morgan fingerprint density at radius 1 is 1.00 bits per heavy atom.